The van der Waals surface area contributed by atoms with Crippen molar-refractivity contribution in [1.82, 2.24) is 9.80 Å². The van der Waals surface area contributed by atoms with E-state index in [1.165, 1.54) is 28.0 Å². The van der Waals surface area contributed by atoms with E-state index >= 15 is 0 Å². The summed E-state index contributed by atoms with van der Waals surface area (Å²) in [6.07, 6.45) is 0. The summed E-state index contributed by atoms with van der Waals surface area (Å²) < 4.78 is 0. The van der Waals surface area contributed by atoms with E-state index in [-0.39, 0.29) is 28.5 Å². The van der Waals surface area contributed by atoms with Gasteiger partial charge in [-0.15, -0.1) is 0 Å². The van der Waals surface area contributed by atoms with Crippen LogP contribution in [0.15, 0.2) is 18.2 Å². The van der Waals surface area contributed by atoms with E-state index in [0.717, 1.165) is 0 Å². The number of rotatable bonds is 3. The second-order valence-electron chi connectivity index (χ2n) is 4.50. The quantitative estimate of drug-likeness (QED) is 0.875. The molecule has 0 fully saturated rings. The SMILES string of the molecule is CN(C)C(=O)c1cc(C(=O)O)cc(C(=O)N(C)C)c1. The van der Waals surface area contributed by atoms with Crippen molar-refractivity contribution in [2.24, 2.45) is 0 Å². The first-order chi connectivity index (χ1) is 8.73. The zero-order valence-corrected chi connectivity index (χ0v) is 11.3. The lowest BCUT2D eigenvalue weighted by molar-refractivity contribution is 0.0697. The van der Waals surface area contributed by atoms with Crippen LogP contribution in [-0.4, -0.2) is 60.9 Å². The molecule has 0 aliphatic heterocycles. The molecule has 1 N–H and O–H groups in total. The van der Waals surface area contributed by atoms with Gasteiger partial charge >= 0.3 is 5.97 Å². The number of benzene rings is 1. The fourth-order valence-electron chi connectivity index (χ4n) is 1.51. The number of carboxylic acid groups (broad SMARTS) is 1. The van der Waals surface area contributed by atoms with Gasteiger partial charge in [-0.25, -0.2) is 4.79 Å². The minimum atomic E-state index is -1.18. The maximum absolute atomic E-state index is 11.9. The molecule has 2 amide bonds. The highest BCUT2D eigenvalue weighted by atomic mass is 16.4. The molecule has 0 unspecified atom stereocenters. The predicted molar refractivity (Wildman–Crippen MR) is 69.4 cm³/mol. The van der Waals surface area contributed by atoms with Gasteiger partial charge in [-0.05, 0) is 18.2 Å². The van der Waals surface area contributed by atoms with Crippen molar-refractivity contribution in [3.8, 4) is 0 Å². The molecule has 0 aliphatic carbocycles. The molecule has 0 radical (unpaired) electrons. The Morgan fingerprint density at radius 1 is 0.789 bits per heavy atom. The summed E-state index contributed by atoms with van der Waals surface area (Å²) in [5.41, 5.74) is 0.267. The lowest BCUT2D eigenvalue weighted by Crippen LogP contribution is -2.25. The van der Waals surface area contributed by atoms with Gasteiger partial charge < -0.3 is 14.9 Å². The average Bonchev–Trinajstić information content (AvgIpc) is 2.35. The largest absolute Gasteiger partial charge is 0.478 e. The molecule has 1 aromatic rings. The maximum atomic E-state index is 11.9. The Kier molecular flexibility index (Phi) is 4.26. The molecular weight excluding hydrogens is 248 g/mol. The molecule has 0 aliphatic rings. The van der Waals surface area contributed by atoms with Crippen molar-refractivity contribution in [3.63, 3.8) is 0 Å². The van der Waals surface area contributed by atoms with Crippen LogP contribution in [0.3, 0.4) is 0 Å². The zero-order chi connectivity index (χ0) is 14.7. The second-order valence-corrected chi connectivity index (χ2v) is 4.50. The van der Waals surface area contributed by atoms with Gasteiger partial charge in [0.15, 0.2) is 0 Å². The number of hydrogen-bond donors (Lipinski definition) is 1. The van der Waals surface area contributed by atoms with Crippen molar-refractivity contribution in [2.75, 3.05) is 28.2 Å². The van der Waals surface area contributed by atoms with E-state index < -0.39 is 5.97 Å². The van der Waals surface area contributed by atoms with Crippen LogP contribution in [0.1, 0.15) is 31.1 Å². The first kappa shape index (κ1) is 14.7. The number of nitrogens with zero attached hydrogens (tertiary/aromatic N) is 2. The highest BCUT2D eigenvalue weighted by Gasteiger charge is 2.17. The molecule has 0 saturated carbocycles. The summed E-state index contributed by atoms with van der Waals surface area (Å²) in [7, 11) is 6.23. The molecule has 1 rings (SSSR count). The Morgan fingerprint density at radius 3 is 1.37 bits per heavy atom. The minimum absolute atomic E-state index is 0.0853. The van der Waals surface area contributed by atoms with Gasteiger partial charge in [0.05, 0.1) is 5.56 Å². The molecule has 0 saturated heterocycles. The summed E-state index contributed by atoms with van der Waals surface area (Å²) in [6, 6.07) is 3.92. The van der Waals surface area contributed by atoms with Gasteiger partial charge in [-0.1, -0.05) is 0 Å². The molecule has 0 aromatic heterocycles. The van der Waals surface area contributed by atoms with Gasteiger partial charge in [0.1, 0.15) is 0 Å². The van der Waals surface area contributed by atoms with Crippen LogP contribution >= 0.6 is 0 Å². The molecule has 6 heteroatoms. The van der Waals surface area contributed by atoms with E-state index in [9.17, 15) is 14.4 Å². The summed E-state index contributed by atoms with van der Waals surface area (Å²) in [5.74, 6) is -1.88. The van der Waals surface area contributed by atoms with Crippen LogP contribution in [0, 0.1) is 0 Å². The highest BCUT2D eigenvalue weighted by molar-refractivity contribution is 6.02. The van der Waals surface area contributed by atoms with E-state index in [1.54, 1.807) is 28.2 Å². The molecule has 0 heterocycles. The number of carboxylic acids is 1. The third-order valence-corrected chi connectivity index (χ3v) is 2.49. The Balaban J connectivity index is 3.38. The number of carbonyl (C=O) groups excluding carboxylic acids is 2. The molecule has 102 valence electrons. The molecule has 0 spiro atoms. The summed E-state index contributed by atoms with van der Waals surface area (Å²) in [5, 5.41) is 9.02. The fraction of sp³-hybridized carbons (Fsp3) is 0.308. The van der Waals surface area contributed by atoms with Crippen molar-refractivity contribution in [2.45, 2.75) is 0 Å². The van der Waals surface area contributed by atoms with Crippen molar-refractivity contribution in [3.05, 3.63) is 34.9 Å². The van der Waals surface area contributed by atoms with Gasteiger partial charge in [-0.2, -0.15) is 0 Å². The third-order valence-electron chi connectivity index (χ3n) is 2.49. The fourth-order valence-corrected chi connectivity index (χ4v) is 1.51. The summed E-state index contributed by atoms with van der Waals surface area (Å²) in [6.45, 7) is 0. The molecule has 0 bridgehead atoms. The third kappa shape index (κ3) is 3.31. The molecular formula is C13H16N2O4. The number of amides is 2. The van der Waals surface area contributed by atoms with E-state index in [4.69, 9.17) is 5.11 Å². The number of aromatic carboxylic acids is 1. The topological polar surface area (TPSA) is 77.9 Å². The lowest BCUT2D eigenvalue weighted by atomic mass is 10.0. The maximum Gasteiger partial charge on any atom is 0.335 e. The van der Waals surface area contributed by atoms with E-state index in [1.807, 2.05) is 0 Å². The van der Waals surface area contributed by atoms with Crippen molar-refractivity contribution in [1.29, 1.82) is 0 Å². The lowest BCUT2D eigenvalue weighted by Gasteiger charge is -2.14. The predicted octanol–water partition coefficient (Wildman–Crippen LogP) is 0.788. The van der Waals surface area contributed by atoms with Gasteiger partial charge in [0.25, 0.3) is 11.8 Å². The van der Waals surface area contributed by atoms with Gasteiger partial charge in [0.2, 0.25) is 0 Å². The highest BCUT2D eigenvalue weighted by Crippen LogP contribution is 2.13. The minimum Gasteiger partial charge on any atom is -0.478 e. The Bertz CT molecular complexity index is 497. The van der Waals surface area contributed by atoms with Gasteiger partial charge in [0, 0.05) is 39.3 Å². The van der Waals surface area contributed by atoms with Gasteiger partial charge in [-0.3, -0.25) is 9.59 Å². The van der Waals surface area contributed by atoms with Crippen LogP contribution in [0.2, 0.25) is 0 Å². The van der Waals surface area contributed by atoms with Crippen LogP contribution in [0.4, 0.5) is 0 Å². The molecule has 19 heavy (non-hydrogen) atoms. The second kappa shape index (κ2) is 5.51. The standard InChI is InChI=1S/C13H16N2O4/c1-14(2)11(16)8-5-9(12(17)15(3)4)7-10(6-8)13(18)19/h5-7H,1-4H3,(H,18,19). The Labute approximate surface area is 111 Å². The molecule has 1 aromatic carbocycles. The van der Waals surface area contributed by atoms with Crippen molar-refractivity contribution >= 4 is 17.8 Å². The smallest absolute Gasteiger partial charge is 0.335 e. The van der Waals surface area contributed by atoms with E-state index in [2.05, 4.69) is 0 Å². The first-order valence-electron chi connectivity index (χ1n) is 5.55. The first-order valence-corrected chi connectivity index (χ1v) is 5.55. The normalized spacial score (nSPS) is 9.89. The molecule has 6 nitrogen and oxygen atoms in total. The summed E-state index contributed by atoms with van der Waals surface area (Å²) in [4.78, 5) is 37.4. The number of carbonyl (C=O) groups is 3. The van der Waals surface area contributed by atoms with Crippen LogP contribution in [0.25, 0.3) is 0 Å². The summed E-state index contributed by atoms with van der Waals surface area (Å²) >= 11 is 0. The van der Waals surface area contributed by atoms with Crippen LogP contribution in [0.5, 0.6) is 0 Å². The molecule has 0 atom stereocenters. The zero-order valence-electron chi connectivity index (χ0n) is 11.3. The average molecular weight is 264 g/mol. The monoisotopic (exact) mass is 264 g/mol. The van der Waals surface area contributed by atoms with Crippen molar-refractivity contribution < 1.29 is 19.5 Å². The van der Waals surface area contributed by atoms with Crippen LogP contribution in [-0.2, 0) is 0 Å². The Hall–Kier alpha value is -2.37. The Morgan fingerprint density at radius 2 is 1.11 bits per heavy atom. The van der Waals surface area contributed by atoms with Crippen LogP contribution < -0.4 is 0 Å². The number of hydrogen-bond acceptors (Lipinski definition) is 3. The van der Waals surface area contributed by atoms with E-state index in [0.29, 0.717) is 0 Å².